The van der Waals surface area contributed by atoms with Crippen LogP contribution in [0.15, 0.2) is 28.0 Å². The lowest BCUT2D eigenvalue weighted by Crippen LogP contribution is -2.04. The maximum atomic E-state index is 12.3. The number of hydrogen-bond acceptors (Lipinski definition) is 6. The molecule has 0 saturated heterocycles. The van der Waals surface area contributed by atoms with E-state index in [-0.39, 0.29) is 5.82 Å². The molecule has 2 rings (SSSR count). The van der Waals surface area contributed by atoms with Gasteiger partial charge in [-0.2, -0.15) is 18.2 Å². The minimum atomic E-state index is -4.66. The zero-order valence-electron chi connectivity index (χ0n) is 9.55. The molecule has 19 heavy (non-hydrogen) atoms. The average molecular weight is 272 g/mol. The molecular formula is C10H7F3N4O2. The quantitative estimate of drug-likeness (QED) is 0.632. The summed E-state index contributed by atoms with van der Waals surface area (Å²) in [7, 11) is 1.38. The van der Waals surface area contributed by atoms with E-state index in [1.807, 2.05) is 0 Å². The molecule has 9 heteroatoms. The van der Waals surface area contributed by atoms with Crippen LogP contribution in [0.3, 0.4) is 0 Å². The standard InChI is InChI=1S/C10H7F3N4O2/c1-18-15-5-7-3-2-6(4-14-7)8-16-9(19-17-8)10(11,12)13/h2-5H,1H3. The zero-order chi connectivity index (χ0) is 13.9. The van der Waals surface area contributed by atoms with E-state index in [0.717, 1.165) is 0 Å². The molecule has 0 spiro atoms. The highest BCUT2D eigenvalue weighted by atomic mass is 19.4. The Morgan fingerprint density at radius 3 is 2.68 bits per heavy atom. The fourth-order valence-corrected chi connectivity index (χ4v) is 1.18. The van der Waals surface area contributed by atoms with Gasteiger partial charge < -0.3 is 9.36 Å². The highest BCUT2D eigenvalue weighted by Gasteiger charge is 2.38. The average Bonchev–Trinajstić information content (AvgIpc) is 2.86. The first-order valence-corrected chi connectivity index (χ1v) is 4.94. The number of rotatable bonds is 3. The van der Waals surface area contributed by atoms with Crippen molar-refractivity contribution in [2.45, 2.75) is 6.18 Å². The molecule has 0 atom stereocenters. The van der Waals surface area contributed by atoms with Crippen LogP contribution < -0.4 is 0 Å². The lowest BCUT2D eigenvalue weighted by molar-refractivity contribution is -0.159. The Morgan fingerprint density at radius 2 is 2.16 bits per heavy atom. The molecule has 0 aromatic carbocycles. The van der Waals surface area contributed by atoms with Gasteiger partial charge in [-0.1, -0.05) is 10.3 Å². The van der Waals surface area contributed by atoms with Crippen LogP contribution >= 0.6 is 0 Å². The van der Waals surface area contributed by atoms with Gasteiger partial charge in [-0.25, -0.2) is 0 Å². The maximum absolute atomic E-state index is 12.3. The normalized spacial score (nSPS) is 12.0. The summed E-state index contributed by atoms with van der Waals surface area (Å²) in [5.41, 5.74) is 0.777. The SMILES string of the molecule is CON=Cc1ccc(-c2noc(C(F)(F)F)n2)cn1. The molecule has 2 aromatic heterocycles. The number of halogens is 3. The van der Waals surface area contributed by atoms with E-state index < -0.39 is 12.1 Å². The lowest BCUT2D eigenvalue weighted by atomic mass is 10.2. The maximum Gasteiger partial charge on any atom is 0.471 e. The number of pyridine rings is 1. The van der Waals surface area contributed by atoms with E-state index in [2.05, 4.69) is 29.6 Å². The van der Waals surface area contributed by atoms with Crippen molar-refractivity contribution in [3.8, 4) is 11.4 Å². The molecule has 0 N–H and O–H groups in total. The third kappa shape index (κ3) is 3.06. The van der Waals surface area contributed by atoms with Gasteiger partial charge in [0.05, 0.1) is 11.9 Å². The molecule has 0 aliphatic rings. The molecule has 0 saturated carbocycles. The van der Waals surface area contributed by atoms with E-state index in [1.165, 1.54) is 31.7 Å². The van der Waals surface area contributed by atoms with Crippen molar-refractivity contribution in [2.75, 3.05) is 7.11 Å². The summed E-state index contributed by atoms with van der Waals surface area (Å²) < 4.78 is 41.0. The number of nitrogens with zero attached hydrogens (tertiary/aromatic N) is 4. The van der Waals surface area contributed by atoms with Gasteiger partial charge in [0.2, 0.25) is 5.82 Å². The molecule has 0 aliphatic heterocycles. The topological polar surface area (TPSA) is 73.4 Å². The molecule has 0 unspecified atom stereocenters. The van der Waals surface area contributed by atoms with E-state index in [4.69, 9.17) is 0 Å². The summed E-state index contributed by atoms with van der Waals surface area (Å²) in [5.74, 6) is -1.58. The molecule has 0 aliphatic carbocycles. The summed E-state index contributed by atoms with van der Waals surface area (Å²) in [6.45, 7) is 0. The Morgan fingerprint density at radius 1 is 1.37 bits per heavy atom. The lowest BCUT2D eigenvalue weighted by Gasteiger charge is -1.96. The van der Waals surface area contributed by atoms with Crippen molar-refractivity contribution in [1.29, 1.82) is 0 Å². The Balaban J connectivity index is 2.23. The van der Waals surface area contributed by atoms with Gasteiger partial charge in [0.25, 0.3) is 0 Å². The number of aromatic nitrogens is 3. The summed E-state index contributed by atoms with van der Waals surface area (Å²) in [5, 5.41) is 6.74. The van der Waals surface area contributed by atoms with Crippen LogP contribution in [0.2, 0.25) is 0 Å². The molecule has 2 heterocycles. The van der Waals surface area contributed by atoms with Crippen LogP contribution in [0.5, 0.6) is 0 Å². The summed E-state index contributed by atoms with van der Waals surface area (Å²) in [4.78, 5) is 11.6. The highest BCUT2D eigenvalue weighted by Crippen LogP contribution is 2.29. The Kier molecular flexibility index (Phi) is 3.45. The third-order valence-electron chi connectivity index (χ3n) is 2.00. The van der Waals surface area contributed by atoms with Crippen LogP contribution in [0.4, 0.5) is 13.2 Å². The second-order valence-electron chi connectivity index (χ2n) is 3.31. The van der Waals surface area contributed by atoms with Crippen molar-refractivity contribution in [1.82, 2.24) is 15.1 Å². The first-order chi connectivity index (χ1) is 9.00. The van der Waals surface area contributed by atoms with Crippen LogP contribution in [0.25, 0.3) is 11.4 Å². The molecule has 2 aromatic rings. The van der Waals surface area contributed by atoms with E-state index in [1.54, 1.807) is 0 Å². The predicted octanol–water partition coefficient (Wildman–Crippen LogP) is 2.13. The first kappa shape index (κ1) is 13.0. The number of oxime groups is 1. The van der Waals surface area contributed by atoms with E-state index in [0.29, 0.717) is 11.3 Å². The van der Waals surface area contributed by atoms with E-state index in [9.17, 15) is 13.2 Å². The second kappa shape index (κ2) is 5.04. The van der Waals surface area contributed by atoms with Gasteiger partial charge in [-0.05, 0) is 12.1 Å². The fraction of sp³-hybridized carbons (Fsp3) is 0.200. The Bertz CT molecular complexity index is 577. The van der Waals surface area contributed by atoms with Gasteiger partial charge in [0.15, 0.2) is 0 Å². The third-order valence-corrected chi connectivity index (χ3v) is 2.00. The van der Waals surface area contributed by atoms with Gasteiger partial charge in [0.1, 0.15) is 7.11 Å². The fourth-order valence-electron chi connectivity index (χ4n) is 1.18. The summed E-state index contributed by atoms with van der Waals surface area (Å²) in [6, 6.07) is 3.02. The van der Waals surface area contributed by atoms with Gasteiger partial charge in [-0.3, -0.25) is 4.98 Å². The molecule has 0 fully saturated rings. The van der Waals surface area contributed by atoms with Crippen molar-refractivity contribution in [3.63, 3.8) is 0 Å². The van der Waals surface area contributed by atoms with Crippen LogP contribution in [0, 0.1) is 0 Å². The van der Waals surface area contributed by atoms with Crippen LogP contribution in [-0.4, -0.2) is 28.4 Å². The van der Waals surface area contributed by atoms with Crippen LogP contribution in [-0.2, 0) is 11.0 Å². The van der Waals surface area contributed by atoms with Gasteiger partial charge >= 0.3 is 12.1 Å². The minimum Gasteiger partial charge on any atom is -0.399 e. The highest BCUT2D eigenvalue weighted by molar-refractivity contribution is 5.77. The number of hydrogen-bond donors (Lipinski definition) is 0. The molecular weight excluding hydrogens is 265 g/mol. The van der Waals surface area contributed by atoms with Gasteiger partial charge in [0, 0.05) is 11.8 Å². The van der Waals surface area contributed by atoms with Crippen molar-refractivity contribution < 1.29 is 22.5 Å². The number of alkyl halides is 3. The largest absolute Gasteiger partial charge is 0.471 e. The molecule has 0 amide bonds. The Hall–Kier alpha value is -2.45. The molecule has 100 valence electrons. The van der Waals surface area contributed by atoms with Crippen molar-refractivity contribution in [2.24, 2.45) is 5.16 Å². The predicted molar refractivity (Wildman–Crippen MR) is 57.1 cm³/mol. The van der Waals surface area contributed by atoms with Gasteiger partial charge in [-0.15, -0.1) is 0 Å². The zero-order valence-corrected chi connectivity index (χ0v) is 9.55. The van der Waals surface area contributed by atoms with Crippen molar-refractivity contribution >= 4 is 6.21 Å². The molecule has 6 nitrogen and oxygen atoms in total. The monoisotopic (exact) mass is 272 g/mol. The first-order valence-electron chi connectivity index (χ1n) is 4.94. The minimum absolute atomic E-state index is 0.185. The molecule has 0 bridgehead atoms. The molecule has 0 radical (unpaired) electrons. The second-order valence-corrected chi connectivity index (χ2v) is 3.31. The van der Waals surface area contributed by atoms with Crippen molar-refractivity contribution in [3.05, 3.63) is 29.9 Å². The Labute approximate surface area is 104 Å². The van der Waals surface area contributed by atoms with Crippen LogP contribution in [0.1, 0.15) is 11.6 Å². The van der Waals surface area contributed by atoms with E-state index >= 15 is 0 Å². The summed E-state index contributed by atoms with van der Waals surface area (Å²) >= 11 is 0. The smallest absolute Gasteiger partial charge is 0.399 e. The summed E-state index contributed by atoms with van der Waals surface area (Å²) in [6.07, 6.45) is -2.01.